The minimum Gasteiger partial charge on any atom is -0.348 e. The molecule has 2 atom stereocenters. The maximum atomic E-state index is 11.7. The quantitative estimate of drug-likeness (QED) is 0.791. The van der Waals surface area contributed by atoms with E-state index < -0.39 is 10.8 Å². The van der Waals surface area contributed by atoms with Gasteiger partial charge in [-0.2, -0.15) is 0 Å². The molecule has 1 heterocycles. The molecule has 5 nitrogen and oxygen atoms in total. The summed E-state index contributed by atoms with van der Waals surface area (Å²) in [5.41, 5.74) is 5.83. The van der Waals surface area contributed by atoms with E-state index >= 15 is 0 Å². The second kappa shape index (κ2) is 6.83. The standard InChI is InChI=1S/C10H17N3O2S2/c1-7(3-4-17(2)15)12-10(14)8-6-16-9(5-11)13-8/h6-7H,3-5,11H2,1-2H3,(H,12,14). The van der Waals surface area contributed by atoms with Crippen LogP contribution in [0, 0.1) is 0 Å². The molecule has 1 aromatic heterocycles. The van der Waals surface area contributed by atoms with Crippen LogP contribution < -0.4 is 11.1 Å². The molecule has 96 valence electrons. The Labute approximate surface area is 107 Å². The highest BCUT2D eigenvalue weighted by molar-refractivity contribution is 7.84. The van der Waals surface area contributed by atoms with Crippen LogP contribution in [0.5, 0.6) is 0 Å². The first-order valence-corrected chi connectivity index (χ1v) is 7.89. The van der Waals surface area contributed by atoms with Gasteiger partial charge in [0.2, 0.25) is 0 Å². The molecule has 3 N–H and O–H groups in total. The summed E-state index contributed by atoms with van der Waals surface area (Å²) in [6.07, 6.45) is 2.35. The Kier molecular flexibility index (Phi) is 5.73. The zero-order valence-corrected chi connectivity index (χ0v) is 11.6. The van der Waals surface area contributed by atoms with Crippen LogP contribution in [0.4, 0.5) is 0 Å². The predicted octanol–water partition coefficient (Wildman–Crippen LogP) is 0.489. The molecule has 1 aromatic rings. The van der Waals surface area contributed by atoms with Crippen molar-refractivity contribution in [3.8, 4) is 0 Å². The third-order valence-corrected chi connectivity index (χ3v) is 3.86. The zero-order valence-electron chi connectivity index (χ0n) is 9.93. The second-order valence-electron chi connectivity index (χ2n) is 3.77. The molecule has 1 amide bonds. The summed E-state index contributed by atoms with van der Waals surface area (Å²) in [6, 6.07) is -0.00516. The van der Waals surface area contributed by atoms with Gasteiger partial charge >= 0.3 is 0 Å². The summed E-state index contributed by atoms with van der Waals surface area (Å²) < 4.78 is 10.9. The largest absolute Gasteiger partial charge is 0.348 e. The number of nitrogens with zero attached hydrogens (tertiary/aromatic N) is 1. The molecule has 0 aliphatic carbocycles. The second-order valence-corrected chi connectivity index (χ2v) is 6.27. The van der Waals surface area contributed by atoms with E-state index in [-0.39, 0.29) is 11.9 Å². The van der Waals surface area contributed by atoms with Crippen molar-refractivity contribution in [3.63, 3.8) is 0 Å². The van der Waals surface area contributed by atoms with Crippen LogP contribution in [-0.2, 0) is 17.3 Å². The molecule has 0 saturated heterocycles. The molecule has 17 heavy (non-hydrogen) atoms. The maximum Gasteiger partial charge on any atom is 0.270 e. The Bertz CT molecular complexity index is 406. The van der Waals surface area contributed by atoms with Crippen molar-refractivity contribution in [2.45, 2.75) is 25.9 Å². The highest BCUT2D eigenvalue weighted by atomic mass is 32.2. The van der Waals surface area contributed by atoms with E-state index in [1.54, 1.807) is 11.6 Å². The normalized spacial score (nSPS) is 14.3. The molecule has 0 fully saturated rings. The Hall–Kier alpha value is -0.790. The molecule has 2 unspecified atom stereocenters. The van der Waals surface area contributed by atoms with E-state index in [0.29, 0.717) is 24.4 Å². The smallest absolute Gasteiger partial charge is 0.270 e. The molecule has 0 aliphatic heterocycles. The average molecular weight is 275 g/mol. The van der Waals surface area contributed by atoms with Gasteiger partial charge in [0.15, 0.2) is 0 Å². The fourth-order valence-corrected chi connectivity index (χ4v) is 2.56. The molecular weight excluding hydrogens is 258 g/mol. The molecule has 7 heteroatoms. The Balaban J connectivity index is 2.45. The Morgan fingerprint density at radius 3 is 2.94 bits per heavy atom. The predicted molar refractivity (Wildman–Crippen MR) is 70.5 cm³/mol. The van der Waals surface area contributed by atoms with Crippen LogP contribution in [-0.4, -0.2) is 33.2 Å². The number of hydrogen-bond acceptors (Lipinski definition) is 5. The van der Waals surface area contributed by atoms with E-state index in [0.717, 1.165) is 5.01 Å². The fraction of sp³-hybridized carbons (Fsp3) is 0.600. The number of carbonyl (C=O) groups excluding carboxylic acids is 1. The molecule has 0 saturated carbocycles. The van der Waals surface area contributed by atoms with E-state index in [1.807, 2.05) is 6.92 Å². The van der Waals surface area contributed by atoms with E-state index in [2.05, 4.69) is 10.3 Å². The van der Waals surface area contributed by atoms with Gasteiger partial charge in [0.05, 0.1) is 0 Å². The van der Waals surface area contributed by atoms with Crippen LogP contribution >= 0.6 is 11.3 Å². The van der Waals surface area contributed by atoms with Gasteiger partial charge in [-0.05, 0) is 13.3 Å². The lowest BCUT2D eigenvalue weighted by Crippen LogP contribution is -2.33. The molecule has 0 aliphatic rings. The van der Waals surface area contributed by atoms with Gasteiger partial charge in [-0.15, -0.1) is 11.3 Å². The lowest BCUT2D eigenvalue weighted by Gasteiger charge is -2.11. The number of aromatic nitrogens is 1. The van der Waals surface area contributed by atoms with Crippen LogP contribution in [0.25, 0.3) is 0 Å². The highest BCUT2D eigenvalue weighted by Gasteiger charge is 2.13. The van der Waals surface area contributed by atoms with Gasteiger partial charge in [-0.1, -0.05) is 0 Å². The Morgan fingerprint density at radius 1 is 1.71 bits per heavy atom. The van der Waals surface area contributed by atoms with E-state index in [9.17, 15) is 9.00 Å². The number of nitrogens with two attached hydrogens (primary N) is 1. The van der Waals surface area contributed by atoms with Crippen LogP contribution in [0.1, 0.15) is 28.8 Å². The van der Waals surface area contributed by atoms with Crippen molar-refractivity contribution in [2.75, 3.05) is 12.0 Å². The summed E-state index contributed by atoms with van der Waals surface area (Å²) in [6.45, 7) is 2.24. The van der Waals surface area contributed by atoms with Crippen LogP contribution in [0.2, 0.25) is 0 Å². The lowest BCUT2D eigenvalue weighted by atomic mass is 10.2. The number of nitrogens with one attached hydrogen (secondary N) is 1. The highest BCUT2D eigenvalue weighted by Crippen LogP contribution is 2.09. The molecule has 1 rings (SSSR count). The summed E-state index contributed by atoms with van der Waals surface area (Å²) >= 11 is 1.38. The first-order chi connectivity index (χ1) is 8.02. The molecular formula is C10H17N3O2S2. The summed E-state index contributed by atoms with van der Waals surface area (Å²) in [5, 5.41) is 5.26. The molecule has 0 radical (unpaired) electrons. The van der Waals surface area contributed by atoms with Crippen LogP contribution in [0.15, 0.2) is 5.38 Å². The first kappa shape index (κ1) is 14.3. The SMILES string of the molecule is CC(CCS(C)=O)NC(=O)c1csc(CN)n1. The fourth-order valence-electron chi connectivity index (χ4n) is 1.22. The van der Waals surface area contributed by atoms with Gasteiger partial charge in [-0.3, -0.25) is 9.00 Å². The van der Waals surface area contributed by atoms with Gasteiger partial charge in [0.25, 0.3) is 5.91 Å². The number of hydrogen-bond donors (Lipinski definition) is 2. The van der Waals surface area contributed by atoms with E-state index in [1.165, 1.54) is 11.3 Å². The maximum absolute atomic E-state index is 11.7. The molecule has 0 bridgehead atoms. The summed E-state index contributed by atoms with van der Waals surface area (Å²) in [7, 11) is -0.824. The topological polar surface area (TPSA) is 85.1 Å². The van der Waals surface area contributed by atoms with Crippen molar-refractivity contribution < 1.29 is 9.00 Å². The monoisotopic (exact) mass is 275 g/mol. The number of thiazole rings is 1. The van der Waals surface area contributed by atoms with E-state index in [4.69, 9.17) is 5.73 Å². The van der Waals surface area contributed by atoms with Crippen LogP contribution in [0.3, 0.4) is 0 Å². The van der Waals surface area contributed by atoms with Gasteiger partial charge in [0.1, 0.15) is 10.7 Å². The van der Waals surface area contributed by atoms with Gasteiger partial charge in [0, 0.05) is 40.8 Å². The molecule has 0 aromatic carbocycles. The zero-order chi connectivity index (χ0) is 12.8. The third-order valence-electron chi connectivity index (χ3n) is 2.17. The van der Waals surface area contributed by atoms with Gasteiger partial charge in [-0.25, -0.2) is 4.98 Å². The minimum absolute atomic E-state index is 0.00516. The minimum atomic E-state index is -0.824. The van der Waals surface area contributed by atoms with Gasteiger partial charge < -0.3 is 11.1 Å². The van der Waals surface area contributed by atoms with Crippen molar-refractivity contribution in [1.29, 1.82) is 0 Å². The van der Waals surface area contributed by atoms with Crippen molar-refractivity contribution in [3.05, 3.63) is 16.1 Å². The van der Waals surface area contributed by atoms with Crippen molar-refractivity contribution in [1.82, 2.24) is 10.3 Å². The summed E-state index contributed by atoms with van der Waals surface area (Å²) in [5.74, 6) is 0.391. The third kappa shape index (κ3) is 4.93. The number of rotatable bonds is 6. The van der Waals surface area contributed by atoms with Crippen molar-refractivity contribution in [2.24, 2.45) is 5.73 Å². The first-order valence-electron chi connectivity index (χ1n) is 5.28. The lowest BCUT2D eigenvalue weighted by molar-refractivity contribution is 0.0935. The molecule has 0 spiro atoms. The Morgan fingerprint density at radius 2 is 2.41 bits per heavy atom. The van der Waals surface area contributed by atoms with Crippen molar-refractivity contribution >= 4 is 28.0 Å². The number of carbonyl (C=O) groups is 1. The summed E-state index contributed by atoms with van der Waals surface area (Å²) in [4.78, 5) is 15.8. The number of amides is 1. The average Bonchev–Trinajstić information content (AvgIpc) is 2.74.